The Labute approximate surface area is 84.7 Å². The zero-order valence-electron chi connectivity index (χ0n) is 8.54. The molecule has 0 aliphatic heterocycles. The van der Waals surface area contributed by atoms with Crippen LogP contribution in [-0.2, 0) is 4.79 Å². The highest BCUT2D eigenvalue weighted by molar-refractivity contribution is 5.79. The molecule has 0 aromatic heterocycles. The predicted octanol–water partition coefficient (Wildman–Crippen LogP) is 1.76. The minimum Gasteiger partial charge on any atom is -0.480 e. The third-order valence-corrected chi connectivity index (χ3v) is 4.13. The van der Waals surface area contributed by atoms with Gasteiger partial charge < -0.3 is 10.8 Å². The number of carbonyl (C=O) groups is 1. The van der Waals surface area contributed by atoms with Crippen molar-refractivity contribution in [2.45, 2.75) is 50.5 Å². The summed E-state index contributed by atoms with van der Waals surface area (Å²) in [5, 5.41) is 9.21. The smallest absolute Gasteiger partial charge is 0.323 e. The Morgan fingerprint density at radius 1 is 1.21 bits per heavy atom. The van der Waals surface area contributed by atoms with Gasteiger partial charge in [-0.05, 0) is 24.7 Å². The lowest BCUT2D eigenvalue weighted by Crippen LogP contribution is -2.58. The number of nitrogens with two attached hydrogens (primary N) is 1. The van der Waals surface area contributed by atoms with E-state index in [1.165, 1.54) is 19.3 Å². The molecule has 0 saturated heterocycles. The first-order chi connectivity index (χ1) is 6.64. The molecule has 1 unspecified atom stereocenters. The molecule has 0 spiro atoms. The lowest BCUT2D eigenvalue weighted by molar-refractivity contribution is -0.149. The number of hydrogen-bond acceptors (Lipinski definition) is 2. The molecule has 2 rings (SSSR count). The molecule has 14 heavy (non-hydrogen) atoms. The Kier molecular flexibility index (Phi) is 2.52. The molecular weight excluding hydrogens is 178 g/mol. The van der Waals surface area contributed by atoms with Gasteiger partial charge in [-0.3, -0.25) is 4.79 Å². The van der Waals surface area contributed by atoms with Crippen LogP contribution < -0.4 is 5.73 Å². The van der Waals surface area contributed by atoms with E-state index in [0.29, 0.717) is 12.3 Å². The van der Waals surface area contributed by atoms with Crippen LogP contribution >= 0.6 is 0 Å². The summed E-state index contributed by atoms with van der Waals surface area (Å²) in [6.07, 6.45) is 7.49. The molecule has 3 nitrogen and oxygen atoms in total. The molecule has 80 valence electrons. The van der Waals surface area contributed by atoms with E-state index >= 15 is 0 Å². The van der Waals surface area contributed by atoms with Gasteiger partial charge in [-0.2, -0.15) is 0 Å². The standard InChI is InChI=1S/C11H19NO2/c12-11(10(13)14)7-3-5-8-4-1-2-6-9(8)11/h8-9H,1-7,12H2,(H,13,14)/t8-,9-,11?/m0/s1. The highest BCUT2D eigenvalue weighted by Gasteiger charge is 2.48. The fraction of sp³-hybridized carbons (Fsp3) is 0.909. The van der Waals surface area contributed by atoms with E-state index in [0.717, 1.165) is 19.3 Å². The van der Waals surface area contributed by atoms with Crippen molar-refractivity contribution < 1.29 is 9.90 Å². The van der Waals surface area contributed by atoms with Crippen LogP contribution in [0.5, 0.6) is 0 Å². The molecule has 2 saturated carbocycles. The Balaban J connectivity index is 2.20. The van der Waals surface area contributed by atoms with Gasteiger partial charge in [0.2, 0.25) is 0 Å². The monoisotopic (exact) mass is 197 g/mol. The van der Waals surface area contributed by atoms with Gasteiger partial charge in [0.15, 0.2) is 0 Å². The van der Waals surface area contributed by atoms with Crippen LogP contribution in [0.15, 0.2) is 0 Å². The lowest BCUT2D eigenvalue weighted by Gasteiger charge is -2.45. The fourth-order valence-corrected chi connectivity index (χ4v) is 3.34. The molecule has 0 aromatic carbocycles. The zero-order chi connectivity index (χ0) is 10.2. The van der Waals surface area contributed by atoms with Crippen LogP contribution in [0.2, 0.25) is 0 Å². The van der Waals surface area contributed by atoms with Crippen molar-refractivity contribution in [1.29, 1.82) is 0 Å². The average Bonchev–Trinajstić information content (AvgIpc) is 2.18. The molecule has 0 bridgehead atoms. The lowest BCUT2D eigenvalue weighted by atomic mass is 9.62. The van der Waals surface area contributed by atoms with Gasteiger partial charge in [0.05, 0.1) is 0 Å². The molecule has 2 aliphatic rings. The van der Waals surface area contributed by atoms with E-state index < -0.39 is 11.5 Å². The van der Waals surface area contributed by atoms with E-state index in [2.05, 4.69) is 0 Å². The van der Waals surface area contributed by atoms with Crippen molar-refractivity contribution in [3.05, 3.63) is 0 Å². The molecule has 0 amide bonds. The van der Waals surface area contributed by atoms with E-state index in [1.54, 1.807) is 0 Å². The van der Waals surface area contributed by atoms with E-state index in [9.17, 15) is 9.90 Å². The summed E-state index contributed by atoms with van der Waals surface area (Å²) >= 11 is 0. The highest BCUT2D eigenvalue weighted by atomic mass is 16.4. The minimum absolute atomic E-state index is 0.238. The normalized spacial score (nSPS) is 42.9. The molecule has 3 heteroatoms. The Morgan fingerprint density at radius 2 is 1.86 bits per heavy atom. The highest BCUT2D eigenvalue weighted by Crippen LogP contribution is 2.44. The van der Waals surface area contributed by atoms with Crippen LogP contribution in [0, 0.1) is 11.8 Å². The second-order valence-electron chi connectivity index (χ2n) is 4.89. The first-order valence-corrected chi connectivity index (χ1v) is 5.67. The fourth-order valence-electron chi connectivity index (χ4n) is 3.34. The van der Waals surface area contributed by atoms with Crippen LogP contribution in [0.25, 0.3) is 0 Å². The number of aliphatic carboxylic acids is 1. The third-order valence-electron chi connectivity index (χ3n) is 4.13. The largest absolute Gasteiger partial charge is 0.480 e. The summed E-state index contributed by atoms with van der Waals surface area (Å²) in [7, 11) is 0. The second-order valence-corrected chi connectivity index (χ2v) is 4.89. The molecule has 0 radical (unpaired) electrons. The summed E-state index contributed by atoms with van der Waals surface area (Å²) in [5.74, 6) is 0.0372. The first-order valence-electron chi connectivity index (χ1n) is 5.67. The van der Waals surface area contributed by atoms with Crippen molar-refractivity contribution in [2.75, 3.05) is 0 Å². The van der Waals surface area contributed by atoms with Gasteiger partial charge in [0.1, 0.15) is 5.54 Å². The molecule has 0 aromatic rings. The maximum absolute atomic E-state index is 11.2. The molecule has 3 N–H and O–H groups in total. The topological polar surface area (TPSA) is 63.3 Å². The summed E-state index contributed by atoms with van der Waals surface area (Å²) in [4.78, 5) is 11.2. The molecule has 2 fully saturated rings. The minimum atomic E-state index is -0.913. The number of rotatable bonds is 1. The van der Waals surface area contributed by atoms with Crippen molar-refractivity contribution in [3.63, 3.8) is 0 Å². The van der Waals surface area contributed by atoms with Crippen LogP contribution in [0.4, 0.5) is 0 Å². The maximum atomic E-state index is 11.2. The molecule has 3 atom stereocenters. The molecule has 0 heterocycles. The van der Waals surface area contributed by atoms with Gasteiger partial charge in [-0.1, -0.05) is 32.1 Å². The molecular formula is C11H19NO2. The predicted molar refractivity (Wildman–Crippen MR) is 53.9 cm³/mol. The second kappa shape index (κ2) is 3.54. The molecule has 2 aliphatic carbocycles. The van der Waals surface area contributed by atoms with Crippen molar-refractivity contribution in [2.24, 2.45) is 17.6 Å². The van der Waals surface area contributed by atoms with Crippen LogP contribution in [-0.4, -0.2) is 16.6 Å². The summed E-state index contributed by atoms with van der Waals surface area (Å²) < 4.78 is 0. The van der Waals surface area contributed by atoms with Gasteiger partial charge in [0.25, 0.3) is 0 Å². The van der Waals surface area contributed by atoms with Gasteiger partial charge in [-0.25, -0.2) is 0 Å². The maximum Gasteiger partial charge on any atom is 0.323 e. The summed E-state index contributed by atoms with van der Waals surface area (Å²) in [5.41, 5.74) is 5.14. The third kappa shape index (κ3) is 1.44. The average molecular weight is 197 g/mol. The van der Waals surface area contributed by atoms with E-state index in [1.807, 2.05) is 0 Å². The number of carboxylic acid groups (broad SMARTS) is 1. The van der Waals surface area contributed by atoms with Crippen LogP contribution in [0.3, 0.4) is 0 Å². The van der Waals surface area contributed by atoms with E-state index in [4.69, 9.17) is 5.73 Å². The summed E-state index contributed by atoms with van der Waals surface area (Å²) in [6.45, 7) is 0. The Hall–Kier alpha value is -0.570. The van der Waals surface area contributed by atoms with Crippen LogP contribution in [0.1, 0.15) is 44.9 Å². The van der Waals surface area contributed by atoms with Crippen molar-refractivity contribution >= 4 is 5.97 Å². The Morgan fingerprint density at radius 3 is 2.57 bits per heavy atom. The van der Waals surface area contributed by atoms with Gasteiger partial charge in [0, 0.05) is 0 Å². The number of carboxylic acids is 1. The zero-order valence-corrected chi connectivity index (χ0v) is 8.54. The first kappa shape index (κ1) is 9.97. The van der Waals surface area contributed by atoms with Gasteiger partial charge >= 0.3 is 5.97 Å². The van der Waals surface area contributed by atoms with Gasteiger partial charge in [-0.15, -0.1) is 0 Å². The quantitative estimate of drug-likeness (QED) is 0.673. The number of hydrogen-bond donors (Lipinski definition) is 2. The number of fused-ring (bicyclic) bond motifs is 1. The van der Waals surface area contributed by atoms with E-state index in [-0.39, 0.29) is 5.92 Å². The van der Waals surface area contributed by atoms with Crippen molar-refractivity contribution in [1.82, 2.24) is 0 Å². The Bertz CT molecular complexity index is 239. The summed E-state index contributed by atoms with van der Waals surface area (Å²) in [6, 6.07) is 0. The SMILES string of the molecule is NC1(C(=O)O)CCC[C@@H]2CCCC[C@@H]21. The van der Waals surface area contributed by atoms with Crippen molar-refractivity contribution in [3.8, 4) is 0 Å².